The summed E-state index contributed by atoms with van der Waals surface area (Å²) in [5, 5.41) is 3.58. The van der Waals surface area contributed by atoms with E-state index in [9.17, 15) is 4.39 Å². The van der Waals surface area contributed by atoms with Gasteiger partial charge in [-0.2, -0.15) is 0 Å². The number of benzene rings is 2. The van der Waals surface area contributed by atoms with E-state index in [-0.39, 0.29) is 11.2 Å². The lowest BCUT2D eigenvalue weighted by Gasteiger charge is -2.19. The molecule has 0 fully saturated rings. The molecule has 1 N–H and O–H groups in total. The van der Waals surface area contributed by atoms with Crippen LogP contribution in [0, 0.1) is 5.82 Å². The number of hydrogen-bond acceptors (Lipinski definition) is 1. The van der Waals surface area contributed by atoms with E-state index in [0.29, 0.717) is 17.3 Å². The van der Waals surface area contributed by atoms with Crippen LogP contribution in [-0.4, -0.2) is 0 Å². The van der Waals surface area contributed by atoms with Crippen LogP contribution in [0.15, 0.2) is 42.5 Å². The van der Waals surface area contributed by atoms with Crippen molar-refractivity contribution in [1.82, 2.24) is 0 Å². The molecule has 0 aliphatic rings. The van der Waals surface area contributed by atoms with E-state index in [1.165, 1.54) is 17.7 Å². The summed E-state index contributed by atoms with van der Waals surface area (Å²) in [6, 6.07) is 12.9. The molecular formula is C17H19ClFN. The molecule has 106 valence electrons. The fraction of sp³-hybridized carbons (Fsp3) is 0.294. The van der Waals surface area contributed by atoms with Crippen molar-refractivity contribution in [3.63, 3.8) is 0 Å². The average molecular weight is 292 g/mol. The molecule has 0 saturated carbocycles. The van der Waals surface area contributed by atoms with Crippen LogP contribution in [0.3, 0.4) is 0 Å². The zero-order valence-electron chi connectivity index (χ0n) is 12.0. The lowest BCUT2D eigenvalue weighted by Crippen LogP contribution is -2.11. The van der Waals surface area contributed by atoms with Gasteiger partial charge < -0.3 is 5.32 Å². The summed E-state index contributed by atoms with van der Waals surface area (Å²) >= 11 is 5.82. The molecule has 0 saturated heterocycles. The molecule has 2 aromatic rings. The standard InChI is InChI=1S/C17H19ClFN/c1-17(2,3)13-6-4-12(5-7-13)11-20-16-9-14(18)8-15(19)10-16/h4-10,20H,11H2,1-3H3. The van der Waals surface area contributed by atoms with Crippen LogP contribution in [0.1, 0.15) is 31.9 Å². The maximum atomic E-state index is 13.2. The van der Waals surface area contributed by atoms with Crippen LogP contribution in [0.25, 0.3) is 0 Å². The SMILES string of the molecule is CC(C)(C)c1ccc(CNc2cc(F)cc(Cl)c2)cc1. The van der Waals surface area contributed by atoms with Crippen LogP contribution in [0.4, 0.5) is 10.1 Å². The van der Waals surface area contributed by atoms with Crippen molar-refractivity contribution in [2.75, 3.05) is 5.32 Å². The monoisotopic (exact) mass is 291 g/mol. The molecule has 0 aliphatic heterocycles. The summed E-state index contributed by atoms with van der Waals surface area (Å²) in [7, 11) is 0. The molecule has 2 rings (SSSR count). The fourth-order valence-corrected chi connectivity index (χ4v) is 2.20. The average Bonchev–Trinajstić information content (AvgIpc) is 2.35. The molecule has 0 bridgehead atoms. The topological polar surface area (TPSA) is 12.0 Å². The first kappa shape index (κ1) is 14.9. The van der Waals surface area contributed by atoms with Crippen molar-refractivity contribution in [2.45, 2.75) is 32.7 Å². The van der Waals surface area contributed by atoms with E-state index < -0.39 is 0 Å². The van der Waals surface area contributed by atoms with Gasteiger partial charge in [-0.15, -0.1) is 0 Å². The van der Waals surface area contributed by atoms with E-state index in [1.54, 1.807) is 6.07 Å². The van der Waals surface area contributed by atoms with Gasteiger partial charge in [0.1, 0.15) is 5.82 Å². The van der Waals surface area contributed by atoms with E-state index in [0.717, 1.165) is 5.56 Å². The van der Waals surface area contributed by atoms with Gasteiger partial charge in [-0.3, -0.25) is 0 Å². The molecule has 20 heavy (non-hydrogen) atoms. The maximum Gasteiger partial charge on any atom is 0.126 e. The third kappa shape index (κ3) is 3.97. The van der Waals surface area contributed by atoms with Crippen LogP contribution >= 0.6 is 11.6 Å². The summed E-state index contributed by atoms with van der Waals surface area (Å²) in [5.74, 6) is -0.330. The minimum absolute atomic E-state index is 0.155. The Hall–Kier alpha value is -1.54. The number of halogens is 2. The van der Waals surface area contributed by atoms with Crippen molar-refractivity contribution >= 4 is 17.3 Å². The number of hydrogen-bond donors (Lipinski definition) is 1. The lowest BCUT2D eigenvalue weighted by atomic mass is 9.87. The normalized spacial score (nSPS) is 11.4. The van der Waals surface area contributed by atoms with Crippen molar-refractivity contribution in [3.05, 3.63) is 64.4 Å². The Kier molecular flexibility index (Phi) is 4.34. The molecule has 0 heterocycles. The predicted molar refractivity (Wildman–Crippen MR) is 83.9 cm³/mol. The van der Waals surface area contributed by atoms with Gasteiger partial charge in [0, 0.05) is 17.3 Å². The summed E-state index contributed by atoms with van der Waals surface area (Å²) in [5.41, 5.74) is 3.30. The van der Waals surface area contributed by atoms with Crippen molar-refractivity contribution in [2.24, 2.45) is 0 Å². The molecule has 0 amide bonds. The summed E-state index contributed by atoms with van der Waals surface area (Å²) in [6.45, 7) is 7.21. The van der Waals surface area contributed by atoms with Gasteiger partial charge in [-0.25, -0.2) is 4.39 Å². The highest BCUT2D eigenvalue weighted by Crippen LogP contribution is 2.23. The quantitative estimate of drug-likeness (QED) is 0.799. The van der Waals surface area contributed by atoms with Crippen LogP contribution in [0.5, 0.6) is 0 Å². The van der Waals surface area contributed by atoms with Crippen molar-refractivity contribution in [1.29, 1.82) is 0 Å². The largest absolute Gasteiger partial charge is 0.381 e. The van der Waals surface area contributed by atoms with E-state index in [1.807, 2.05) is 0 Å². The van der Waals surface area contributed by atoms with Crippen LogP contribution in [0.2, 0.25) is 5.02 Å². The maximum absolute atomic E-state index is 13.2. The highest BCUT2D eigenvalue weighted by molar-refractivity contribution is 6.30. The predicted octanol–water partition coefficient (Wildman–Crippen LogP) is 5.39. The van der Waals surface area contributed by atoms with Crippen LogP contribution in [-0.2, 0) is 12.0 Å². The first-order valence-corrected chi connectivity index (χ1v) is 7.02. The minimum Gasteiger partial charge on any atom is -0.381 e. The second-order valence-corrected chi connectivity index (χ2v) is 6.40. The minimum atomic E-state index is -0.330. The van der Waals surface area contributed by atoms with Gasteiger partial charge in [0.2, 0.25) is 0 Å². The molecular weight excluding hydrogens is 273 g/mol. The molecule has 3 heteroatoms. The van der Waals surface area contributed by atoms with Gasteiger partial charge in [0.15, 0.2) is 0 Å². The molecule has 0 spiro atoms. The third-order valence-electron chi connectivity index (χ3n) is 3.18. The number of rotatable bonds is 3. The van der Waals surface area contributed by atoms with Gasteiger partial charge in [-0.05, 0) is 34.7 Å². The molecule has 0 aliphatic carbocycles. The summed E-state index contributed by atoms with van der Waals surface area (Å²) in [6.07, 6.45) is 0. The number of anilines is 1. The zero-order chi connectivity index (χ0) is 14.8. The van der Waals surface area contributed by atoms with E-state index in [2.05, 4.69) is 50.4 Å². The van der Waals surface area contributed by atoms with Crippen LogP contribution < -0.4 is 5.32 Å². The lowest BCUT2D eigenvalue weighted by molar-refractivity contribution is 0.590. The van der Waals surface area contributed by atoms with Crippen molar-refractivity contribution < 1.29 is 4.39 Å². The molecule has 1 nitrogen and oxygen atoms in total. The molecule has 2 aromatic carbocycles. The molecule has 0 unspecified atom stereocenters. The Bertz CT molecular complexity index is 565. The van der Waals surface area contributed by atoms with E-state index >= 15 is 0 Å². The van der Waals surface area contributed by atoms with Gasteiger partial charge in [0.05, 0.1) is 0 Å². The highest BCUT2D eigenvalue weighted by Gasteiger charge is 2.12. The smallest absolute Gasteiger partial charge is 0.126 e. The highest BCUT2D eigenvalue weighted by atomic mass is 35.5. The zero-order valence-corrected chi connectivity index (χ0v) is 12.8. The Labute approximate surface area is 124 Å². The first-order valence-electron chi connectivity index (χ1n) is 6.64. The van der Waals surface area contributed by atoms with Gasteiger partial charge in [0.25, 0.3) is 0 Å². The fourth-order valence-electron chi connectivity index (χ4n) is 1.98. The van der Waals surface area contributed by atoms with Gasteiger partial charge in [-0.1, -0.05) is 56.6 Å². The van der Waals surface area contributed by atoms with Gasteiger partial charge >= 0.3 is 0 Å². The first-order chi connectivity index (χ1) is 9.34. The Morgan fingerprint density at radius 1 is 1.05 bits per heavy atom. The number of nitrogens with one attached hydrogen (secondary N) is 1. The molecule has 0 radical (unpaired) electrons. The molecule has 0 aromatic heterocycles. The summed E-state index contributed by atoms with van der Waals surface area (Å²) < 4.78 is 13.2. The Balaban J connectivity index is 2.04. The second-order valence-electron chi connectivity index (χ2n) is 5.96. The third-order valence-corrected chi connectivity index (χ3v) is 3.40. The Morgan fingerprint density at radius 2 is 1.70 bits per heavy atom. The van der Waals surface area contributed by atoms with Crippen molar-refractivity contribution in [3.8, 4) is 0 Å². The second kappa shape index (κ2) is 5.84. The Morgan fingerprint density at radius 3 is 2.25 bits per heavy atom. The summed E-state index contributed by atoms with van der Waals surface area (Å²) in [4.78, 5) is 0. The van der Waals surface area contributed by atoms with E-state index in [4.69, 9.17) is 11.6 Å². The molecule has 0 atom stereocenters.